The largest absolute Gasteiger partial charge is 0.460 e. The van der Waals surface area contributed by atoms with Crippen LogP contribution in [0.3, 0.4) is 0 Å². The summed E-state index contributed by atoms with van der Waals surface area (Å²) < 4.78 is 120. The zero-order valence-corrected chi connectivity index (χ0v) is 16.5. The number of benzene rings is 2. The molecule has 0 aliphatic carbocycles. The maximum Gasteiger partial charge on any atom is 0.460 e. The van der Waals surface area contributed by atoms with Crippen molar-refractivity contribution in [2.24, 2.45) is 0 Å². The molecule has 0 radical (unpaired) electrons. The normalized spacial score (nSPS) is 14.8. The summed E-state index contributed by atoms with van der Waals surface area (Å²) in [5.41, 5.74) is 1.99. The molecule has 0 amide bonds. The van der Waals surface area contributed by atoms with Gasteiger partial charge in [-0.3, -0.25) is 0 Å². The number of hydrogen-bond acceptors (Lipinski definition) is 0. The van der Waals surface area contributed by atoms with E-state index in [1.165, 1.54) is 24.3 Å². The summed E-state index contributed by atoms with van der Waals surface area (Å²) in [5.74, 6) is -20.7. The van der Waals surface area contributed by atoms with E-state index in [2.05, 4.69) is 0 Å². The second kappa shape index (κ2) is 8.59. The van der Waals surface area contributed by atoms with Crippen molar-refractivity contribution in [3.05, 3.63) is 76.9 Å². The minimum atomic E-state index is -6.90. The molecule has 2 aromatic rings. The summed E-state index contributed by atoms with van der Waals surface area (Å²) in [4.78, 5) is 0. The molecule has 170 valence electrons. The first-order valence-corrected chi connectivity index (χ1v) is 9.10. The zero-order chi connectivity index (χ0) is 23.7. The minimum Gasteiger partial charge on any atom is -0.200 e. The topological polar surface area (TPSA) is 0 Å². The van der Waals surface area contributed by atoms with E-state index in [-0.39, 0.29) is 5.56 Å². The monoisotopic (exact) mass is 454 g/mol. The highest BCUT2D eigenvalue weighted by Gasteiger charge is 2.81. The third-order valence-electron chi connectivity index (χ3n) is 4.72. The molecule has 0 aliphatic heterocycles. The van der Waals surface area contributed by atoms with Gasteiger partial charge in [-0.15, -0.1) is 0 Å². The third-order valence-corrected chi connectivity index (χ3v) is 4.72. The van der Waals surface area contributed by atoms with Crippen molar-refractivity contribution in [2.75, 3.05) is 0 Å². The van der Waals surface area contributed by atoms with Gasteiger partial charge in [0.15, 0.2) is 0 Å². The molecule has 0 saturated carbocycles. The Morgan fingerprint density at radius 3 is 1.81 bits per heavy atom. The van der Waals surface area contributed by atoms with Crippen molar-refractivity contribution < 1.29 is 39.5 Å². The lowest BCUT2D eigenvalue weighted by molar-refractivity contribution is -0.396. The SMILES string of the molecule is Cc1cccc(/C=C/C(CC(F)(F)C(F)(F)C(F)(F)C(F)(F)F)c2cccc(C)c2)c1. The van der Waals surface area contributed by atoms with Crippen molar-refractivity contribution in [1.29, 1.82) is 0 Å². The van der Waals surface area contributed by atoms with Crippen LogP contribution in [-0.4, -0.2) is 23.9 Å². The third kappa shape index (κ3) is 5.25. The maximum atomic E-state index is 14.3. The molecule has 0 aliphatic rings. The van der Waals surface area contributed by atoms with Crippen LogP contribution in [0.25, 0.3) is 6.08 Å². The molecule has 9 heteroatoms. The molecule has 0 N–H and O–H groups in total. The Hall–Kier alpha value is -2.45. The lowest BCUT2D eigenvalue weighted by atomic mass is 9.87. The highest BCUT2D eigenvalue weighted by Crippen LogP contribution is 2.55. The number of rotatable bonds is 7. The fraction of sp³-hybridized carbons (Fsp3) is 0.364. The molecule has 1 unspecified atom stereocenters. The van der Waals surface area contributed by atoms with Gasteiger partial charge in [-0.05, 0) is 25.0 Å². The van der Waals surface area contributed by atoms with E-state index >= 15 is 0 Å². The minimum absolute atomic E-state index is 0.0784. The molecule has 2 rings (SSSR count). The quantitative estimate of drug-likeness (QED) is 0.373. The summed E-state index contributed by atoms with van der Waals surface area (Å²) in [5, 5.41) is 0. The number of allylic oxidation sites excluding steroid dienone is 1. The van der Waals surface area contributed by atoms with Gasteiger partial charge in [-0.1, -0.05) is 71.8 Å². The fourth-order valence-electron chi connectivity index (χ4n) is 3.01. The number of alkyl halides is 9. The molecular formula is C22H19F9. The Balaban J connectivity index is 2.47. The van der Waals surface area contributed by atoms with Crippen molar-refractivity contribution in [2.45, 2.75) is 50.1 Å². The zero-order valence-electron chi connectivity index (χ0n) is 16.5. The fourth-order valence-corrected chi connectivity index (χ4v) is 3.01. The number of hydrogen-bond donors (Lipinski definition) is 0. The van der Waals surface area contributed by atoms with Crippen LogP contribution >= 0.6 is 0 Å². The van der Waals surface area contributed by atoms with Gasteiger partial charge in [-0.25, -0.2) is 0 Å². The van der Waals surface area contributed by atoms with E-state index in [1.54, 1.807) is 44.2 Å². The van der Waals surface area contributed by atoms with Crippen molar-refractivity contribution >= 4 is 6.08 Å². The number of aryl methyl sites for hydroxylation is 2. The molecule has 2 aromatic carbocycles. The second-order valence-electron chi connectivity index (χ2n) is 7.35. The molecule has 0 spiro atoms. The van der Waals surface area contributed by atoms with Crippen LogP contribution in [0.4, 0.5) is 39.5 Å². The first kappa shape index (κ1) is 24.8. The average molecular weight is 454 g/mol. The van der Waals surface area contributed by atoms with Crippen LogP contribution in [0.15, 0.2) is 54.6 Å². The van der Waals surface area contributed by atoms with E-state index < -0.39 is 36.3 Å². The first-order valence-electron chi connectivity index (χ1n) is 9.10. The first-order chi connectivity index (χ1) is 14.1. The van der Waals surface area contributed by atoms with Gasteiger partial charge in [0.25, 0.3) is 0 Å². The summed E-state index contributed by atoms with van der Waals surface area (Å²) >= 11 is 0. The second-order valence-corrected chi connectivity index (χ2v) is 7.35. The number of halogens is 9. The van der Waals surface area contributed by atoms with Gasteiger partial charge in [0, 0.05) is 12.3 Å². The lowest BCUT2D eigenvalue weighted by Gasteiger charge is -2.35. The molecular weight excluding hydrogens is 435 g/mol. The Morgan fingerprint density at radius 2 is 1.29 bits per heavy atom. The molecule has 0 heterocycles. The van der Waals surface area contributed by atoms with Crippen LogP contribution in [0.5, 0.6) is 0 Å². The van der Waals surface area contributed by atoms with Crippen LogP contribution in [0.2, 0.25) is 0 Å². The van der Waals surface area contributed by atoms with Gasteiger partial charge in [0.2, 0.25) is 0 Å². The Labute approximate surface area is 173 Å². The van der Waals surface area contributed by atoms with Crippen LogP contribution in [-0.2, 0) is 0 Å². The highest BCUT2D eigenvalue weighted by atomic mass is 19.4. The van der Waals surface area contributed by atoms with E-state index in [4.69, 9.17) is 0 Å². The van der Waals surface area contributed by atoms with Gasteiger partial charge in [-0.2, -0.15) is 39.5 Å². The van der Waals surface area contributed by atoms with E-state index in [0.29, 0.717) is 11.1 Å². The standard InChI is InChI=1S/C22H19F9/c1-14-5-3-7-16(11-14)9-10-18(17-8-4-6-15(2)12-17)13-19(23,24)20(25,26)21(27,28)22(29,30)31/h3-12,18H,13H2,1-2H3/b10-9+. The van der Waals surface area contributed by atoms with Crippen LogP contribution < -0.4 is 0 Å². The van der Waals surface area contributed by atoms with E-state index in [0.717, 1.165) is 11.6 Å². The summed E-state index contributed by atoms with van der Waals surface area (Å²) in [6.07, 6.45) is -6.36. The molecule has 0 fully saturated rings. The molecule has 0 saturated heterocycles. The lowest BCUT2D eigenvalue weighted by Crippen LogP contribution is -2.61. The predicted molar refractivity (Wildman–Crippen MR) is 99.6 cm³/mol. The van der Waals surface area contributed by atoms with Crippen LogP contribution in [0.1, 0.15) is 34.6 Å². The summed E-state index contributed by atoms with van der Waals surface area (Å²) in [7, 11) is 0. The molecule has 0 aromatic heterocycles. The van der Waals surface area contributed by atoms with Crippen molar-refractivity contribution in [3.63, 3.8) is 0 Å². The highest BCUT2D eigenvalue weighted by molar-refractivity contribution is 5.52. The van der Waals surface area contributed by atoms with E-state index in [9.17, 15) is 39.5 Å². The van der Waals surface area contributed by atoms with Gasteiger partial charge in [0.1, 0.15) is 0 Å². The Kier molecular flexibility index (Phi) is 6.88. The van der Waals surface area contributed by atoms with Gasteiger partial charge < -0.3 is 0 Å². The molecule has 1 atom stereocenters. The smallest absolute Gasteiger partial charge is 0.200 e. The molecule has 31 heavy (non-hydrogen) atoms. The summed E-state index contributed by atoms with van der Waals surface area (Å²) in [6.45, 7) is 3.35. The van der Waals surface area contributed by atoms with Gasteiger partial charge >= 0.3 is 23.9 Å². The Morgan fingerprint density at radius 1 is 0.742 bits per heavy atom. The van der Waals surface area contributed by atoms with Gasteiger partial charge in [0.05, 0.1) is 0 Å². The van der Waals surface area contributed by atoms with Crippen molar-refractivity contribution in [1.82, 2.24) is 0 Å². The van der Waals surface area contributed by atoms with Crippen LogP contribution in [0, 0.1) is 13.8 Å². The average Bonchev–Trinajstić information content (AvgIpc) is 2.64. The molecule has 0 nitrogen and oxygen atoms in total. The van der Waals surface area contributed by atoms with Crippen molar-refractivity contribution in [3.8, 4) is 0 Å². The summed E-state index contributed by atoms with van der Waals surface area (Å²) in [6, 6.07) is 12.4. The Bertz CT molecular complexity index is 927. The predicted octanol–water partition coefficient (Wildman–Crippen LogP) is 7.96. The maximum absolute atomic E-state index is 14.3. The van der Waals surface area contributed by atoms with E-state index in [1.807, 2.05) is 0 Å². The molecule has 0 bridgehead atoms.